The van der Waals surface area contributed by atoms with Gasteiger partial charge in [0.15, 0.2) is 0 Å². The Bertz CT molecular complexity index is 493. The lowest BCUT2D eigenvalue weighted by molar-refractivity contribution is 0.481. The Labute approximate surface area is 95.9 Å². The van der Waals surface area contributed by atoms with Gasteiger partial charge in [-0.15, -0.1) is 0 Å². The fourth-order valence-electron chi connectivity index (χ4n) is 1.97. The maximum atomic E-state index is 9.77. The molecule has 16 heavy (non-hydrogen) atoms. The Morgan fingerprint density at radius 3 is 2.56 bits per heavy atom. The van der Waals surface area contributed by atoms with Gasteiger partial charge in [0.05, 0.1) is 0 Å². The number of hydrogen-bond acceptors (Lipinski definition) is 2. The lowest BCUT2D eigenvalue weighted by Gasteiger charge is -2.12. The van der Waals surface area contributed by atoms with Gasteiger partial charge in [0.1, 0.15) is 5.75 Å². The summed E-state index contributed by atoms with van der Waals surface area (Å²) in [6.07, 6.45) is 0.970. The van der Waals surface area contributed by atoms with Crippen molar-refractivity contribution in [2.45, 2.75) is 19.4 Å². The van der Waals surface area contributed by atoms with Crippen LogP contribution in [0.3, 0.4) is 0 Å². The van der Waals surface area contributed by atoms with E-state index in [-0.39, 0.29) is 0 Å². The molecule has 0 fully saturated rings. The topological polar surface area (TPSA) is 32.3 Å². The third kappa shape index (κ3) is 2.02. The van der Waals surface area contributed by atoms with Crippen molar-refractivity contribution in [3.05, 3.63) is 42.0 Å². The summed E-state index contributed by atoms with van der Waals surface area (Å²) in [5.74, 6) is 0.358. The van der Waals surface area contributed by atoms with Crippen molar-refractivity contribution in [1.29, 1.82) is 0 Å². The average molecular weight is 215 g/mol. The summed E-state index contributed by atoms with van der Waals surface area (Å²) in [5, 5.41) is 15.1. The minimum atomic E-state index is 0.358. The van der Waals surface area contributed by atoms with Gasteiger partial charge in [-0.05, 0) is 37.4 Å². The number of nitrogens with one attached hydrogen (secondary N) is 1. The van der Waals surface area contributed by atoms with Crippen LogP contribution in [0.4, 0.5) is 0 Å². The SMILES string of the molecule is CNC(C)Cc1cccc2c(O)cccc12. The molecule has 2 rings (SSSR count). The summed E-state index contributed by atoms with van der Waals surface area (Å²) in [5.41, 5.74) is 1.27. The highest BCUT2D eigenvalue weighted by Crippen LogP contribution is 2.27. The second kappa shape index (κ2) is 4.54. The molecule has 84 valence electrons. The van der Waals surface area contributed by atoms with Crippen LogP contribution < -0.4 is 5.32 Å². The fraction of sp³-hybridized carbons (Fsp3) is 0.286. The predicted molar refractivity (Wildman–Crippen MR) is 67.8 cm³/mol. The van der Waals surface area contributed by atoms with E-state index in [1.807, 2.05) is 25.2 Å². The highest BCUT2D eigenvalue weighted by Gasteiger charge is 2.06. The summed E-state index contributed by atoms with van der Waals surface area (Å²) < 4.78 is 0. The van der Waals surface area contributed by atoms with E-state index >= 15 is 0 Å². The first-order chi connectivity index (χ1) is 7.72. The highest BCUT2D eigenvalue weighted by molar-refractivity contribution is 5.90. The maximum Gasteiger partial charge on any atom is 0.123 e. The molecule has 0 saturated carbocycles. The van der Waals surface area contributed by atoms with Gasteiger partial charge in [0, 0.05) is 11.4 Å². The summed E-state index contributed by atoms with van der Waals surface area (Å²) >= 11 is 0. The van der Waals surface area contributed by atoms with Crippen molar-refractivity contribution in [3.8, 4) is 5.75 Å². The predicted octanol–water partition coefficient (Wildman–Crippen LogP) is 2.70. The molecule has 0 aliphatic heterocycles. The third-order valence-electron chi connectivity index (χ3n) is 3.01. The number of rotatable bonds is 3. The zero-order valence-electron chi connectivity index (χ0n) is 9.70. The zero-order valence-corrected chi connectivity index (χ0v) is 9.70. The molecule has 0 radical (unpaired) electrons. The number of aromatic hydroxyl groups is 1. The second-order valence-electron chi connectivity index (χ2n) is 4.18. The zero-order chi connectivity index (χ0) is 11.5. The first-order valence-electron chi connectivity index (χ1n) is 5.59. The molecule has 0 aliphatic carbocycles. The standard InChI is InChI=1S/C14H17NO/c1-10(15-2)9-11-5-3-7-13-12(11)6-4-8-14(13)16/h3-8,10,15-16H,9H2,1-2H3. The van der Waals surface area contributed by atoms with E-state index in [9.17, 15) is 5.11 Å². The van der Waals surface area contributed by atoms with E-state index in [1.54, 1.807) is 6.07 Å². The molecule has 2 nitrogen and oxygen atoms in total. The summed E-state index contributed by atoms with van der Waals surface area (Å²) in [6, 6.07) is 12.2. The number of hydrogen-bond donors (Lipinski definition) is 2. The fourth-order valence-corrected chi connectivity index (χ4v) is 1.97. The van der Waals surface area contributed by atoms with Gasteiger partial charge in [-0.2, -0.15) is 0 Å². The number of fused-ring (bicyclic) bond motifs is 1. The summed E-state index contributed by atoms with van der Waals surface area (Å²) in [7, 11) is 1.97. The van der Waals surface area contributed by atoms with Gasteiger partial charge in [0.25, 0.3) is 0 Å². The molecule has 1 atom stereocenters. The first kappa shape index (κ1) is 11.0. The van der Waals surface area contributed by atoms with Crippen LogP contribution in [0.25, 0.3) is 10.8 Å². The Balaban J connectivity index is 2.50. The molecule has 0 spiro atoms. The van der Waals surface area contributed by atoms with Crippen molar-refractivity contribution >= 4 is 10.8 Å². The van der Waals surface area contributed by atoms with E-state index in [4.69, 9.17) is 0 Å². The number of benzene rings is 2. The van der Waals surface area contributed by atoms with Crippen molar-refractivity contribution in [3.63, 3.8) is 0 Å². The molecule has 0 bridgehead atoms. The van der Waals surface area contributed by atoms with Gasteiger partial charge in [0.2, 0.25) is 0 Å². The van der Waals surface area contributed by atoms with Gasteiger partial charge in [-0.1, -0.05) is 30.3 Å². The first-order valence-corrected chi connectivity index (χ1v) is 5.59. The molecule has 0 aromatic heterocycles. The van der Waals surface area contributed by atoms with Gasteiger partial charge in [-0.25, -0.2) is 0 Å². The van der Waals surface area contributed by atoms with Crippen molar-refractivity contribution in [1.82, 2.24) is 5.32 Å². The van der Waals surface area contributed by atoms with Crippen LogP contribution in [-0.2, 0) is 6.42 Å². The van der Waals surface area contributed by atoms with Crippen LogP contribution in [0.5, 0.6) is 5.75 Å². The molecule has 2 N–H and O–H groups in total. The lowest BCUT2D eigenvalue weighted by atomic mass is 9.99. The van der Waals surface area contributed by atoms with E-state index in [0.717, 1.165) is 17.2 Å². The summed E-state index contributed by atoms with van der Waals surface area (Å²) in [4.78, 5) is 0. The van der Waals surface area contributed by atoms with Gasteiger partial charge < -0.3 is 10.4 Å². The number of phenolic OH excluding ortho intramolecular Hbond substituents is 1. The molecule has 0 aliphatic rings. The second-order valence-corrected chi connectivity index (χ2v) is 4.18. The van der Waals surface area contributed by atoms with Crippen LogP contribution in [0.15, 0.2) is 36.4 Å². The Kier molecular flexibility index (Phi) is 3.11. The number of phenols is 1. The Morgan fingerprint density at radius 1 is 1.12 bits per heavy atom. The van der Waals surface area contributed by atoms with Crippen LogP contribution in [0, 0.1) is 0 Å². The number of likely N-dealkylation sites (N-methyl/N-ethyl adjacent to an activating group) is 1. The van der Waals surface area contributed by atoms with Crippen LogP contribution in [0.1, 0.15) is 12.5 Å². The molecule has 0 heterocycles. The maximum absolute atomic E-state index is 9.77. The van der Waals surface area contributed by atoms with E-state index < -0.39 is 0 Å². The van der Waals surface area contributed by atoms with Crippen LogP contribution >= 0.6 is 0 Å². The quantitative estimate of drug-likeness (QED) is 0.825. The highest BCUT2D eigenvalue weighted by atomic mass is 16.3. The minimum absolute atomic E-state index is 0.358. The lowest BCUT2D eigenvalue weighted by Crippen LogP contribution is -2.23. The van der Waals surface area contributed by atoms with E-state index in [0.29, 0.717) is 11.8 Å². The van der Waals surface area contributed by atoms with E-state index in [1.165, 1.54) is 5.56 Å². The normalized spacial score (nSPS) is 12.9. The summed E-state index contributed by atoms with van der Waals surface area (Å²) in [6.45, 7) is 2.15. The molecular weight excluding hydrogens is 198 g/mol. The minimum Gasteiger partial charge on any atom is -0.507 e. The molecule has 0 saturated heterocycles. The van der Waals surface area contributed by atoms with Gasteiger partial charge >= 0.3 is 0 Å². The van der Waals surface area contributed by atoms with Crippen molar-refractivity contribution in [2.75, 3.05) is 7.05 Å². The average Bonchev–Trinajstić information content (AvgIpc) is 2.30. The van der Waals surface area contributed by atoms with Crippen LogP contribution in [-0.4, -0.2) is 18.2 Å². The Morgan fingerprint density at radius 2 is 1.81 bits per heavy atom. The monoisotopic (exact) mass is 215 g/mol. The smallest absolute Gasteiger partial charge is 0.123 e. The molecule has 2 aromatic rings. The largest absolute Gasteiger partial charge is 0.507 e. The van der Waals surface area contributed by atoms with E-state index in [2.05, 4.69) is 24.4 Å². The van der Waals surface area contributed by atoms with Gasteiger partial charge in [-0.3, -0.25) is 0 Å². The molecule has 2 aromatic carbocycles. The van der Waals surface area contributed by atoms with Crippen molar-refractivity contribution < 1.29 is 5.11 Å². The molecular formula is C14H17NO. The Hall–Kier alpha value is -1.54. The molecule has 2 heteroatoms. The molecule has 1 unspecified atom stereocenters. The third-order valence-corrected chi connectivity index (χ3v) is 3.01. The molecule has 0 amide bonds. The van der Waals surface area contributed by atoms with Crippen molar-refractivity contribution in [2.24, 2.45) is 0 Å². The van der Waals surface area contributed by atoms with Crippen LogP contribution in [0.2, 0.25) is 0 Å².